The van der Waals surface area contributed by atoms with Gasteiger partial charge in [0.05, 0.1) is 22.3 Å². The first-order valence-corrected chi connectivity index (χ1v) is 11.3. The average Bonchev–Trinajstić information content (AvgIpc) is 3.18. The third-order valence-electron chi connectivity index (χ3n) is 7.03. The largest absolute Gasteiger partial charge is 0.411 e. The second-order valence-corrected chi connectivity index (χ2v) is 8.89. The van der Waals surface area contributed by atoms with Crippen LogP contribution in [0.3, 0.4) is 0 Å². The third-order valence-corrected chi connectivity index (χ3v) is 7.03. The molecule has 12 heteroatoms. The second-order valence-electron chi connectivity index (χ2n) is 8.89. The van der Waals surface area contributed by atoms with Gasteiger partial charge in [-0.05, 0) is 48.2 Å². The van der Waals surface area contributed by atoms with Gasteiger partial charge in [-0.1, -0.05) is 26.0 Å². The highest BCUT2D eigenvalue weighted by Crippen LogP contribution is 2.57. The molecule has 0 spiro atoms. The molecule has 0 fully saturated rings. The molecule has 0 unspecified atom stereocenters. The van der Waals surface area contributed by atoms with E-state index in [0.717, 1.165) is 24.1 Å². The van der Waals surface area contributed by atoms with Crippen molar-refractivity contribution >= 4 is 23.6 Å². The van der Waals surface area contributed by atoms with Gasteiger partial charge >= 0.3 is 12.4 Å². The van der Waals surface area contributed by atoms with Crippen molar-refractivity contribution < 1.29 is 45.5 Å². The van der Waals surface area contributed by atoms with Crippen molar-refractivity contribution in [2.45, 2.75) is 50.5 Å². The summed E-state index contributed by atoms with van der Waals surface area (Å²) in [6.07, 6.45) is -11.3. The van der Waals surface area contributed by atoms with E-state index in [1.165, 1.54) is 0 Å². The highest BCUT2D eigenvalue weighted by molar-refractivity contribution is 6.22. The summed E-state index contributed by atoms with van der Waals surface area (Å²) in [5.74, 6) is -3.69. The molecule has 0 radical (unpaired) electrons. The zero-order valence-corrected chi connectivity index (χ0v) is 19.8. The monoisotopic (exact) mass is 526 g/mol. The van der Waals surface area contributed by atoms with Crippen molar-refractivity contribution in [1.29, 1.82) is 0 Å². The van der Waals surface area contributed by atoms with Crippen molar-refractivity contribution in [2.75, 3.05) is 7.05 Å². The van der Waals surface area contributed by atoms with Gasteiger partial charge < -0.3 is 0 Å². The van der Waals surface area contributed by atoms with E-state index in [2.05, 4.69) is 0 Å². The second kappa shape index (κ2) is 8.42. The van der Waals surface area contributed by atoms with Crippen LogP contribution >= 0.6 is 0 Å². The van der Waals surface area contributed by atoms with Crippen LogP contribution in [0.25, 0.3) is 0 Å². The van der Waals surface area contributed by atoms with Gasteiger partial charge in [0.15, 0.2) is 0 Å². The van der Waals surface area contributed by atoms with Crippen molar-refractivity contribution in [3.8, 4) is 0 Å². The summed E-state index contributed by atoms with van der Waals surface area (Å²) in [4.78, 5) is 51.8. The summed E-state index contributed by atoms with van der Waals surface area (Å²) in [6.45, 7) is 3.39. The zero-order chi connectivity index (χ0) is 27.7. The normalized spacial score (nSPS) is 16.3. The fraction of sp³-hybridized carbons (Fsp3) is 0.360. The number of carbonyl (C=O) groups is 4. The SMILES string of the molecule is CCC(CC)N1C(=O)c2ccc(C(c3ccc4c(c3)C(=O)N(C)C4=O)(C(F)(F)F)C(F)(F)F)cc2C1=O. The van der Waals surface area contributed by atoms with Gasteiger partial charge in [-0.25, -0.2) is 0 Å². The molecule has 0 N–H and O–H groups in total. The summed E-state index contributed by atoms with van der Waals surface area (Å²) in [7, 11) is 1.06. The van der Waals surface area contributed by atoms with E-state index in [9.17, 15) is 45.5 Å². The van der Waals surface area contributed by atoms with Gasteiger partial charge in [0.1, 0.15) is 0 Å². The molecular formula is C25H20F6N2O4. The zero-order valence-electron chi connectivity index (χ0n) is 19.8. The van der Waals surface area contributed by atoms with Crippen LogP contribution in [0, 0.1) is 0 Å². The lowest BCUT2D eigenvalue weighted by atomic mass is 9.71. The Morgan fingerprint density at radius 3 is 1.46 bits per heavy atom. The molecule has 0 aliphatic carbocycles. The lowest BCUT2D eigenvalue weighted by molar-refractivity contribution is -0.288. The van der Waals surface area contributed by atoms with E-state index in [1.54, 1.807) is 13.8 Å². The maximum absolute atomic E-state index is 14.6. The number of rotatable bonds is 5. The molecule has 2 heterocycles. The quantitative estimate of drug-likeness (QED) is 0.401. The van der Waals surface area contributed by atoms with Crippen molar-refractivity contribution in [3.63, 3.8) is 0 Å². The number of nitrogens with zero attached hydrogens (tertiary/aromatic N) is 2. The minimum absolute atomic E-state index is 0.296. The molecule has 2 aliphatic heterocycles. The molecular weight excluding hydrogens is 506 g/mol. The van der Waals surface area contributed by atoms with E-state index >= 15 is 0 Å². The van der Waals surface area contributed by atoms with E-state index in [1.807, 2.05) is 0 Å². The molecule has 0 bridgehead atoms. The number of hydrogen-bond donors (Lipinski definition) is 0. The number of amides is 4. The van der Waals surface area contributed by atoms with E-state index in [4.69, 9.17) is 0 Å². The van der Waals surface area contributed by atoms with E-state index in [-0.39, 0.29) is 11.1 Å². The first-order valence-electron chi connectivity index (χ1n) is 11.3. The maximum Gasteiger partial charge on any atom is 0.411 e. The van der Waals surface area contributed by atoms with Crippen molar-refractivity contribution in [3.05, 3.63) is 69.8 Å². The predicted octanol–water partition coefficient (Wildman–Crippen LogP) is 5.11. The smallest absolute Gasteiger partial charge is 0.277 e. The first-order chi connectivity index (χ1) is 17.1. The van der Waals surface area contributed by atoms with Crippen LogP contribution in [0.2, 0.25) is 0 Å². The molecule has 0 aromatic heterocycles. The van der Waals surface area contributed by atoms with Crippen molar-refractivity contribution in [1.82, 2.24) is 9.80 Å². The number of imide groups is 2. The Morgan fingerprint density at radius 1 is 0.649 bits per heavy atom. The fourth-order valence-electron chi connectivity index (χ4n) is 5.05. The van der Waals surface area contributed by atoms with Crippen LogP contribution in [0.5, 0.6) is 0 Å². The Kier molecular flexibility index (Phi) is 6.00. The van der Waals surface area contributed by atoms with Crippen LogP contribution < -0.4 is 0 Å². The molecule has 2 aromatic rings. The minimum atomic E-state index is -5.99. The Morgan fingerprint density at radius 2 is 1.03 bits per heavy atom. The van der Waals surface area contributed by atoms with Gasteiger partial charge in [0.25, 0.3) is 23.6 Å². The van der Waals surface area contributed by atoms with Gasteiger partial charge in [-0.3, -0.25) is 29.0 Å². The van der Waals surface area contributed by atoms with Crippen LogP contribution in [-0.4, -0.2) is 58.9 Å². The number of hydrogen-bond acceptors (Lipinski definition) is 4. The molecule has 0 saturated carbocycles. The minimum Gasteiger partial charge on any atom is -0.277 e. The number of halogens is 6. The standard InChI is InChI=1S/C25H20F6N2O4/c1-4-14(5-2)33-21(36)16-9-7-13(11-18(16)22(33)37)23(24(26,27)28,25(29,30)31)12-6-8-15-17(10-12)20(35)32(3)19(15)34/h6-11,14H,4-5H2,1-3H3. The Balaban J connectivity index is 1.99. The Hall–Kier alpha value is -3.70. The summed E-state index contributed by atoms with van der Waals surface area (Å²) in [6, 6.07) is 2.84. The summed E-state index contributed by atoms with van der Waals surface area (Å²) in [5.41, 5.74) is -9.16. The average molecular weight is 526 g/mol. The molecule has 0 atom stereocenters. The van der Waals surface area contributed by atoms with E-state index in [0.29, 0.717) is 42.0 Å². The molecule has 37 heavy (non-hydrogen) atoms. The molecule has 2 aliphatic rings. The highest BCUT2D eigenvalue weighted by atomic mass is 19.4. The molecule has 4 rings (SSSR count). The van der Waals surface area contributed by atoms with E-state index < -0.39 is 69.7 Å². The summed E-state index contributed by atoms with van der Waals surface area (Å²) < 4.78 is 87.8. The van der Waals surface area contributed by atoms with Gasteiger partial charge in [-0.15, -0.1) is 0 Å². The highest BCUT2D eigenvalue weighted by Gasteiger charge is 2.73. The van der Waals surface area contributed by atoms with Crippen LogP contribution in [0.4, 0.5) is 26.3 Å². The number of carbonyl (C=O) groups excluding carboxylic acids is 4. The molecule has 4 amide bonds. The molecule has 0 saturated heterocycles. The third kappa shape index (κ3) is 3.48. The topological polar surface area (TPSA) is 74.8 Å². The summed E-state index contributed by atoms with van der Waals surface area (Å²) >= 11 is 0. The first kappa shape index (κ1) is 26.4. The summed E-state index contributed by atoms with van der Waals surface area (Å²) in [5, 5.41) is 0. The molecule has 6 nitrogen and oxygen atoms in total. The van der Waals surface area contributed by atoms with Crippen molar-refractivity contribution in [2.24, 2.45) is 0 Å². The fourth-order valence-corrected chi connectivity index (χ4v) is 5.05. The lowest BCUT2D eigenvalue weighted by Crippen LogP contribution is -2.55. The van der Waals surface area contributed by atoms with Gasteiger partial charge in [0, 0.05) is 13.1 Å². The van der Waals surface area contributed by atoms with Gasteiger partial charge in [-0.2, -0.15) is 26.3 Å². The molecule has 2 aromatic carbocycles. The number of benzene rings is 2. The number of alkyl halides is 6. The Bertz CT molecular complexity index is 1330. The van der Waals surface area contributed by atoms with Crippen LogP contribution in [0.1, 0.15) is 79.2 Å². The maximum atomic E-state index is 14.6. The molecule has 196 valence electrons. The van der Waals surface area contributed by atoms with Crippen LogP contribution in [-0.2, 0) is 5.41 Å². The van der Waals surface area contributed by atoms with Gasteiger partial charge in [0.2, 0.25) is 5.41 Å². The lowest BCUT2D eigenvalue weighted by Gasteiger charge is -2.38. The predicted molar refractivity (Wildman–Crippen MR) is 117 cm³/mol. The van der Waals surface area contributed by atoms with Crippen LogP contribution in [0.15, 0.2) is 36.4 Å². The number of fused-ring (bicyclic) bond motifs is 2. The Labute approximate surface area is 206 Å².